The van der Waals surface area contributed by atoms with Gasteiger partial charge in [-0.15, -0.1) is 0 Å². The Morgan fingerprint density at radius 2 is 1.59 bits per heavy atom. The Morgan fingerprint density at radius 3 is 2.30 bits per heavy atom. The van der Waals surface area contributed by atoms with Gasteiger partial charge in [0.1, 0.15) is 5.82 Å². The minimum absolute atomic E-state index is 0.0453. The summed E-state index contributed by atoms with van der Waals surface area (Å²) in [5.41, 5.74) is 1.27. The Kier molecular flexibility index (Phi) is 6.54. The van der Waals surface area contributed by atoms with Crippen LogP contribution in [0.1, 0.15) is 15.9 Å². The van der Waals surface area contributed by atoms with Crippen molar-refractivity contribution < 1.29 is 14.0 Å². The molecule has 1 aliphatic heterocycles. The van der Waals surface area contributed by atoms with E-state index in [9.17, 15) is 14.0 Å². The van der Waals surface area contributed by atoms with Crippen molar-refractivity contribution in [1.82, 2.24) is 15.1 Å². The number of halogens is 1. The lowest BCUT2D eigenvalue weighted by molar-refractivity contribution is -0.131. The number of piperazine rings is 1. The smallest absolute Gasteiger partial charge is 0.254 e. The highest BCUT2D eigenvalue weighted by Crippen LogP contribution is 2.07. The lowest BCUT2D eigenvalue weighted by Gasteiger charge is -2.34. The molecule has 5 nitrogen and oxygen atoms in total. The second-order valence-electron chi connectivity index (χ2n) is 6.62. The molecule has 27 heavy (non-hydrogen) atoms. The van der Waals surface area contributed by atoms with Gasteiger partial charge in [0.15, 0.2) is 0 Å². The molecule has 3 rings (SSSR count). The minimum Gasteiger partial charge on any atom is -0.343 e. The van der Waals surface area contributed by atoms with Crippen LogP contribution in [0.3, 0.4) is 0 Å². The molecule has 0 aromatic heterocycles. The maximum Gasteiger partial charge on any atom is 0.254 e. The molecule has 2 aromatic carbocycles. The topological polar surface area (TPSA) is 52.7 Å². The van der Waals surface area contributed by atoms with Crippen molar-refractivity contribution in [2.24, 2.45) is 0 Å². The first kappa shape index (κ1) is 19.0. The van der Waals surface area contributed by atoms with Crippen LogP contribution in [-0.2, 0) is 11.2 Å². The van der Waals surface area contributed by atoms with E-state index in [4.69, 9.17) is 0 Å². The molecule has 0 saturated carbocycles. The molecule has 0 radical (unpaired) electrons. The first-order valence-electron chi connectivity index (χ1n) is 9.20. The molecule has 0 aliphatic carbocycles. The Labute approximate surface area is 158 Å². The fourth-order valence-corrected chi connectivity index (χ4v) is 3.16. The van der Waals surface area contributed by atoms with Gasteiger partial charge >= 0.3 is 0 Å². The quantitative estimate of drug-likeness (QED) is 0.847. The Morgan fingerprint density at radius 1 is 0.926 bits per heavy atom. The third-order valence-corrected chi connectivity index (χ3v) is 4.80. The third-order valence-electron chi connectivity index (χ3n) is 4.80. The van der Waals surface area contributed by atoms with Gasteiger partial charge < -0.3 is 10.2 Å². The number of carbonyl (C=O) groups is 2. The van der Waals surface area contributed by atoms with Crippen molar-refractivity contribution in [3.8, 4) is 0 Å². The van der Waals surface area contributed by atoms with E-state index in [0.717, 1.165) is 26.1 Å². The Hall–Kier alpha value is -2.73. The van der Waals surface area contributed by atoms with E-state index in [1.54, 1.807) is 11.0 Å². The SMILES string of the molecule is O=C(NCC(=O)N1CCN(CCc2ccccc2)CC1)c1ccccc1F. The number of nitrogens with zero attached hydrogens (tertiary/aromatic N) is 2. The molecule has 6 heteroatoms. The van der Waals surface area contributed by atoms with Crippen LogP contribution in [0.2, 0.25) is 0 Å². The largest absolute Gasteiger partial charge is 0.343 e. The molecule has 142 valence electrons. The van der Waals surface area contributed by atoms with Crippen LogP contribution in [-0.4, -0.2) is 60.9 Å². The number of nitrogens with one attached hydrogen (secondary N) is 1. The van der Waals surface area contributed by atoms with Crippen molar-refractivity contribution in [2.75, 3.05) is 39.3 Å². The first-order chi connectivity index (χ1) is 13.1. The van der Waals surface area contributed by atoms with Gasteiger partial charge in [0.05, 0.1) is 12.1 Å². The molecule has 0 atom stereocenters. The predicted molar refractivity (Wildman–Crippen MR) is 102 cm³/mol. The molecular weight excluding hydrogens is 345 g/mol. The van der Waals surface area contributed by atoms with Crippen LogP contribution in [0.4, 0.5) is 4.39 Å². The van der Waals surface area contributed by atoms with E-state index in [2.05, 4.69) is 22.3 Å². The normalized spacial score (nSPS) is 14.8. The van der Waals surface area contributed by atoms with Crippen molar-refractivity contribution in [1.29, 1.82) is 0 Å². The van der Waals surface area contributed by atoms with Gasteiger partial charge in [-0.2, -0.15) is 0 Å². The van der Waals surface area contributed by atoms with E-state index >= 15 is 0 Å². The first-order valence-corrected chi connectivity index (χ1v) is 9.20. The van der Waals surface area contributed by atoms with Crippen molar-refractivity contribution in [3.05, 3.63) is 71.5 Å². The van der Waals surface area contributed by atoms with Crippen LogP contribution in [0, 0.1) is 5.82 Å². The maximum atomic E-state index is 13.6. The van der Waals surface area contributed by atoms with Crippen molar-refractivity contribution in [2.45, 2.75) is 6.42 Å². The van der Waals surface area contributed by atoms with Crippen molar-refractivity contribution >= 4 is 11.8 Å². The molecule has 0 spiro atoms. The zero-order chi connectivity index (χ0) is 19.1. The van der Waals surface area contributed by atoms with Gasteiger partial charge in [-0.3, -0.25) is 14.5 Å². The molecule has 0 unspecified atom stereocenters. The third kappa shape index (κ3) is 5.37. The zero-order valence-electron chi connectivity index (χ0n) is 15.2. The van der Waals surface area contributed by atoms with Gasteiger partial charge in [-0.1, -0.05) is 42.5 Å². The summed E-state index contributed by atoms with van der Waals surface area (Å²) >= 11 is 0. The van der Waals surface area contributed by atoms with E-state index in [0.29, 0.717) is 13.1 Å². The summed E-state index contributed by atoms with van der Waals surface area (Å²) in [7, 11) is 0. The van der Waals surface area contributed by atoms with E-state index in [1.165, 1.54) is 23.8 Å². The molecule has 1 heterocycles. The Balaban J connectivity index is 1.39. The number of amides is 2. The molecule has 0 bridgehead atoms. The fourth-order valence-electron chi connectivity index (χ4n) is 3.16. The summed E-state index contributed by atoms with van der Waals surface area (Å²) < 4.78 is 13.6. The molecule has 1 aliphatic rings. The summed E-state index contributed by atoms with van der Waals surface area (Å²) in [6, 6.07) is 16.1. The van der Waals surface area contributed by atoms with Crippen LogP contribution in [0.25, 0.3) is 0 Å². The lowest BCUT2D eigenvalue weighted by atomic mass is 10.1. The molecule has 1 saturated heterocycles. The van der Waals surface area contributed by atoms with Gasteiger partial charge in [0.25, 0.3) is 5.91 Å². The second-order valence-corrected chi connectivity index (χ2v) is 6.62. The minimum atomic E-state index is -0.588. The molecule has 2 amide bonds. The molecular formula is C21H24FN3O2. The van der Waals surface area contributed by atoms with Crippen molar-refractivity contribution in [3.63, 3.8) is 0 Å². The second kappa shape index (κ2) is 9.28. The lowest BCUT2D eigenvalue weighted by Crippen LogP contribution is -2.51. The van der Waals surface area contributed by atoms with E-state index in [-0.39, 0.29) is 18.0 Å². The van der Waals surface area contributed by atoms with Crippen LogP contribution in [0.15, 0.2) is 54.6 Å². The zero-order valence-corrected chi connectivity index (χ0v) is 15.2. The summed E-state index contributed by atoms with van der Waals surface area (Å²) in [6.45, 7) is 3.78. The average molecular weight is 369 g/mol. The molecule has 1 fully saturated rings. The number of benzene rings is 2. The molecule has 1 N–H and O–H groups in total. The van der Waals surface area contributed by atoms with Gasteiger partial charge in [0.2, 0.25) is 5.91 Å². The number of hydrogen-bond donors (Lipinski definition) is 1. The standard InChI is InChI=1S/C21H24FN3O2/c22-19-9-5-4-8-18(19)21(27)23-16-20(26)25-14-12-24(13-15-25)11-10-17-6-2-1-3-7-17/h1-9H,10-16H2,(H,23,27). The van der Waals surface area contributed by atoms with E-state index in [1.807, 2.05) is 18.2 Å². The summed E-state index contributed by atoms with van der Waals surface area (Å²) in [5, 5.41) is 2.51. The number of rotatable bonds is 6. The highest BCUT2D eigenvalue weighted by molar-refractivity contribution is 5.96. The molecule has 2 aromatic rings. The highest BCUT2D eigenvalue weighted by atomic mass is 19.1. The summed E-state index contributed by atoms with van der Waals surface area (Å²) in [6.07, 6.45) is 0.994. The van der Waals surface area contributed by atoms with Crippen LogP contribution in [0.5, 0.6) is 0 Å². The van der Waals surface area contributed by atoms with Gasteiger partial charge in [0, 0.05) is 32.7 Å². The van der Waals surface area contributed by atoms with Crippen LogP contribution >= 0.6 is 0 Å². The summed E-state index contributed by atoms with van der Waals surface area (Å²) in [4.78, 5) is 28.4. The fraction of sp³-hybridized carbons (Fsp3) is 0.333. The van der Waals surface area contributed by atoms with Gasteiger partial charge in [-0.25, -0.2) is 4.39 Å². The Bertz CT molecular complexity index is 774. The van der Waals surface area contributed by atoms with Crippen LogP contribution < -0.4 is 5.32 Å². The van der Waals surface area contributed by atoms with Gasteiger partial charge in [-0.05, 0) is 24.1 Å². The predicted octanol–water partition coefficient (Wildman–Crippen LogP) is 1.94. The average Bonchev–Trinajstić information content (AvgIpc) is 2.72. The van der Waals surface area contributed by atoms with E-state index < -0.39 is 11.7 Å². The monoisotopic (exact) mass is 369 g/mol. The highest BCUT2D eigenvalue weighted by Gasteiger charge is 2.21. The maximum absolute atomic E-state index is 13.6. The summed E-state index contributed by atoms with van der Waals surface area (Å²) in [5.74, 6) is -1.29. The number of hydrogen-bond acceptors (Lipinski definition) is 3. The number of carbonyl (C=O) groups excluding carboxylic acids is 2.